The van der Waals surface area contributed by atoms with E-state index in [1.807, 2.05) is 0 Å². The van der Waals surface area contributed by atoms with E-state index in [9.17, 15) is 9.59 Å². The van der Waals surface area contributed by atoms with Gasteiger partial charge in [0.2, 0.25) is 5.91 Å². The fraction of sp³-hybridized carbons (Fsp3) is 0.273. The molecule has 1 rings (SSSR count). The van der Waals surface area contributed by atoms with Crippen molar-refractivity contribution >= 4 is 17.6 Å². The molecule has 0 aromatic heterocycles. The molecule has 0 unspecified atom stereocenters. The van der Waals surface area contributed by atoms with Crippen molar-refractivity contribution in [1.29, 1.82) is 0 Å². The molecular formula is C11H14N2O3. The van der Waals surface area contributed by atoms with Crippen LogP contribution in [0.3, 0.4) is 0 Å². The number of benzene rings is 1. The lowest BCUT2D eigenvalue weighted by atomic mass is 10.3. The Morgan fingerprint density at radius 3 is 2.31 bits per heavy atom. The molecule has 0 aliphatic heterocycles. The Kier molecular flexibility index (Phi) is 4.02. The lowest BCUT2D eigenvalue weighted by molar-refractivity contribution is -0.135. The molecule has 0 heterocycles. The lowest BCUT2D eigenvalue weighted by Gasteiger charge is -2.07. The summed E-state index contributed by atoms with van der Waals surface area (Å²) in [4.78, 5) is 21.9. The van der Waals surface area contributed by atoms with E-state index in [0.717, 1.165) is 0 Å². The third kappa shape index (κ3) is 3.70. The highest BCUT2D eigenvalue weighted by Crippen LogP contribution is 2.15. The summed E-state index contributed by atoms with van der Waals surface area (Å²) in [5, 5.41) is 2.60. The zero-order valence-corrected chi connectivity index (χ0v) is 9.19. The number of nitrogens with two attached hydrogens (primary N) is 1. The van der Waals surface area contributed by atoms with E-state index in [0.29, 0.717) is 11.4 Å². The summed E-state index contributed by atoms with van der Waals surface area (Å²) in [6, 6.07) is 5.81. The maximum atomic E-state index is 11.2. The van der Waals surface area contributed by atoms with Crippen molar-refractivity contribution in [2.75, 3.05) is 5.32 Å². The quantitative estimate of drug-likeness (QED) is 0.588. The Labute approximate surface area is 93.6 Å². The number of esters is 1. The Morgan fingerprint density at radius 2 is 1.88 bits per heavy atom. The standard InChI is InChI=1S/C11H14N2O3/c1-7(12)11(15)16-10-5-3-9(4-6-10)13-8(2)14/h3-7H,12H2,1-2H3,(H,13,14)/t7-/m0/s1. The number of nitrogens with one attached hydrogen (secondary N) is 1. The van der Waals surface area contributed by atoms with Gasteiger partial charge in [0.05, 0.1) is 0 Å². The second-order valence-corrected chi connectivity index (χ2v) is 3.42. The average Bonchev–Trinajstić information content (AvgIpc) is 2.20. The minimum atomic E-state index is -0.657. The van der Waals surface area contributed by atoms with Gasteiger partial charge in [-0.05, 0) is 31.2 Å². The van der Waals surface area contributed by atoms with Crippen molar-refractivity contribution in [3.8, 4) is 5.75 Å². The average molecular weight is 222 g/mol. The van der Waals surface area contributed by atoms with E-state index in [-0.39, 0.29) is 5.91 Å². The van der Waals surface area contributed by atoms with Gasteiger partial charge < -0.3 is 15.8 Å². The number of hydrogen-bond donors (Lipinski definition) is 2. The number of amides is 1. The molecule has 0 saturated heterocycles. The third-order valence-electron chi connectivity index (χ3n) is 1.76. The molecule has 0 spiro atoms. The fourth-order valence-corrected chi connectivity index (χ4v) is 1.02. The number of ether oxygens (including phenoxy) is 1. The third-order valence-corrected chi connectivity index (χ3v) is 1.76. The van der Waals surface area contributed by atoms with Crippen molar-refractivity contribution in [2.24, 2.45) is 5.73 Å². The Balaban J connectivity index is 2.64. The summed E-state index contributed by atoms with van der Waals surface area (Å²) in [6.07, 6.45) is 0. The largest absolute Gasteiger partial charge is 0.425 e. The zero-order chi connectivity index (χ0) is 12.1. The number of rotatable bonds is 3. The van der Waals surface area contributed by atoms with E-state index in [2.05, 4.69) is 5.32 Å². The van der Waals surface area contributed by atoms with Gasteiger partial charge in [-0.2, -0.15) is 0 Å². The summed E-state index contributed by atoms with van der Waals surface area (Å²) in [7, 11) is 0. The fourth-order valence-electron chi connectivity index (χ4n) is 1.02. The van der Waals surface area contributed by atoms with Gasteiger partial charge in [0.1, 0.15) is 11.8 Å². The SMILES string of the molecule is CC(=O)Nc1ccc(OC(=O)[C@H](C)N)cc1. The van der Waals surface area contributed by atoms with Gasteiger partial charge in [0, 0.05) is 12.6 Å². The highest BCUT2D eigenvalue weighted by atomic mass is 16.5. The van der Waals surface area contributed by atoms with Crippen molar-refractivity contribution in [1.82, 2.24) is 0 Å². The maximum Gasteiger partial charge on any atom is 0.328 e. The number of carbonyl (C=O) groups is 2. The van der Waals surface area contributed by atoms with Crippen LogP contribution >= 0.6 is 0 Å². The first-order valence-corrected chi connectivity index (χ1v) is 4.84. The summed E-state index contributed by atoms with van der Waals surface area (Å²) < 4.78 is 4.96. The molecule has 16 heavy (non-hydrogen) atoms. The molecule has 1 atom stereocenters. The Hall–Kier alpha value is -1.88. The van der Waals surface area contributed by atoms with Crippen LogP contribution in [0.2, 0.25) is 0 Å². The second kappa shape index (κ2) is 5.27. The van der Waals surface area contributed by atoms with Gasteiger partial charge in [-0.25, -0.2) is 4.79 Å². The summed E-state index contributed by atoms with van der Waals surface area (Å²) in [6.45, 7) is 2.97. The van der Waals surface area contributed by atoms with Crippen molar-refractivity contribution in [3.05, 3.63) is 24.3 Å². The van der Waals surface area contributed by atoms with E-state index in [1.165, 1.54) is 6.92 Å². The molecule has 0 aliphatic rings. The molecule has 0 fully saturated rings. The maximum absolute atomic E-state index is 11.2. The van der Waals surface area contributed by atoms with Crippen LogP contribution in [0.15, 0.2) is 24.3 Å². The highest BCUT2D eigenvalue weighted by molar-refractivity contribution is 5.88. The van der Waals surface area contributed by atoms with E-state index in [4.69, 9.17) is 10.5 Å². The lowest BCUT2D eigenvalue weighted by Crippen LogP contribution is -2.30. The normalized spacial score (nSPS) is 11.7. The number of carbonyl (C=O) groups excluding carboxylic acids is 2. The summed E-state index contributed by atoms with van der Waals surface area (Å²) >= 11 is 0. The molecule has 0 saturated carbocycles. The van der Waals surface area contributed by atoms with Crippen LogP contribution in [0.5, 0.6) is 5.75 Å². The van der Waals surface area contributed by atoms with Gasteiger partial charge in [-0.1, -0.05) is 0 Å². The van der Waals surface area contributed by atoms with E-state index >= 15 is 0 Å². The number of anilines is 1. The van der Waals surface area contributed by atoms with Crippen LogP contribution in [0.25, 0.3) is 0 Å². The van der Waals surface area contributed by atoms with Gasteiger partial charge in [0.15, 0.2) is 0 Å². The summed E-state index contributed by atoms with van der Waals surface area (Å²) in [5.41, 5.74) is 5.99. The monoisotopic (exact) mass is 222 g/mol. The topological polar surface area (TPSA) is 81.4 Å². The van der Waals surface area contributed by atoms with Gasteiger partial charge in [0.25, 0.3) is 0 Å². The molecule has 1 aromatic carbocycles. The van der Waals surface area contributed by atoms with Crippen molar-refractivity contribution in [2.45, 2.75) is 19.9 Å². The van der Waals surface area contributed by atoms with Gasteiger partial charge in [-0.15, -0.1) is 0 Å². The molecule has 3 N–H and O–H groups in total. The zero-order valence-electron chi connectivity index (χ0n) is 9.19. The van der Waals surface area contributed by atoms with Crippen molar-refractivity contribution < 1.29 is 14.3 Å². The molecule has 1 aromatic rings. The van der Waals surface area contributed by atoms with Crippen LogP contribution in [-0.4, -0.2) is 17.9 Å². The van der Waals surface area contributed by atoms with Crippen LogP contribution in [-0.2, 0) is 9.59 Å². The van der Waals surface area contributed by atoms with Crippen LogP contribution in [0, 0.1) is 0 Å². The molecule has 1 amide bonds. The van der Waals surface area contributed by atoms with Crippen LogP contribution in [0.1, 0.15) is 13.8 Å². The first-order valence-electron chi connectivity index (χ1n) is 4.84. The molecule has 0 bridgehead atoms. The highest BCUT2D eigenvalue weighted by Gasteiger charge is 2.09. The minimum Gasteiger partial charge on any atom is -0.425 e. The first-order chi connectivity index (χ1) is 7.49. The van der Waals surface area contributed by atoms with Gasteiger partial charge in [-0.3, -0.25) is 4.79 Å². The number of hydrogen-bond acceptors (Lipinski definition) is 4. The predicted octanol–water partition coefficient (Wildman–Crippen LogP) is 0.898. The van der Waals surface area contributed by atoms with Crippen LogP contribution < -0.4 is 15.8 Å². The predicted molar refractivity (Wildman–Crippen MR) is 60.0 cm³/mol. The smallest absolute Gasteiger partial charge is 0.328 e. The first kappa shape index (κ1) is 12.2. The molecule has 5 nitrogen and oxygen atoms in total. The second-order valence-electron chi connectivity index (χ2n) is 3.42. The van der Waals surface area contributed by atoms with E-state index < -0.39 is 12.0 Å². The molecule has 0 radical (unpaired) electrons. The molecule has 86 valence electrons. The Bertz CT molecular complexity index is 385. The van der Waals surface area contributed by atoms with Gasteiger partial charge >= 0.3 is 5.97 Å². The Morgan fingerprint density at radius 1 is 1.31 bits per heavy atom. The van der Waals surface area contributed by atoms with Crippen LogP contribution in [0.4, 0.5) is 5.69 Å². The van der Waals surface area contributed by atoms with E-state index in [1.54, 1.807) is 31.2 Å². The van der Waals surface area contributed by atoms with Crippen molar-refractivity contribution in [3.63, 3.8) is 0 Å². The molecule has 0 aliphatic carbocycles. The minimum absolute atomic E-state index is 0.152. The molecular weight excluding hydrogens is 208 g/mol. The summed E-state index contributed by atoms with van der Waals surface area (Å²) in [5.74, 6) is -0.246. The molecule has 5 heteroatoms.